The highest BCUT2D eigenvalue weighted by Crippen LogP contribution is 2.44. The molecular formula is C22H31F3O. The van der Waals surface area contributed by atoms with E-state index in [4.69, 9.17) is 4.11 Å². The quantitative estimate of drug-likeness (QED) is 0.522. The van der Waals surface area contributed by atoms with Gasteiger partial charge in [0, 0.05) is 4.11 Å². The number of rotatable bonds is 5. The van der Waals surface area contributed by atoms with Crippen LogP contribution >= 0.6 is 0 Å². The van der Waals surface area contributed by atoms with Crippen LogP contribution in [-0.2, 0) is 0 Å². The molecule has 2 aliphatic rings. The van der Waals surface area contributed by atoms with Crippen LogP contribution in [0.5, 0.6) is 5.75 Å². The number of alkyl halides is 3. The lowest BCUT2D eigenvalue weighted by atomic mass is 9.68. The highest BCUT2D eigenvalue weighted by Gasteiger charge is 2.32. The Morgan fingerprint density at radius 1 is 1.00 bits per heavy atom. The van der Waals surface area contributed by atoms with Crippen LogP contribution in [0.4, 0.5) is 13.2 Å². The Kier molecular flexibility index (Phi) is 5.28. The molecule has 1 nitrogen and oxygen atoms in total. The summed E-state index contributed by atoms with van der Waals surface area (Å²) < 4.78 is 66.9. The van der Waals surface area contributed by atoms with E-state index >= 15 is 0 Å². The lowest BCUT2D eigenvalue weighted by molar-refractivity contribution is -0.274. The van der Waals surface area contributed by atoms with Gasteiger partial charge in [0.1, 0.15) is 5.75 Å². The van der Waals surface area contributed by atoms with E-state index in [1.54, 1.807) is 0 Å². The number of ether oxygens (including phenoxy) is 1. The highest BCUT2D eigenvalue weighted by atomic mass is 19.4. The molecule has 2 saturated carbocycles. The SMILES string of the molecule is [2H]C1C[C@@H](C2CCC(CCC)CC2)CC([2H])([2H])[C@@H]1c1ccc(OC(F)(F)F)cc1. The van der Waals surface area contributed by atoms with E-state index < -0.39 is 25.1 Å². The minimum absolute atomic E-state index is 0.221. The molecule has 1 unspecified atom stereocenters. The number of hydrogen-bond acceptors (Lipinski definition) is 1. The Hall–Kier alpha value is -1.19. The molecule has 0 N–H and O–H groups in total. The summed E-state index contributed by atoms with van der Waals surface area (Å²) >= 11 is 0. The van der Waals surface area contributed by atoms with Crippen LogP contribution in [0, 0.1) is 17.8 Å². The zero-order valence-corrected chi connectivity index (χ0v) is 15.4. The van der Waals surface area contributed by atoms with Crippen molar-refractivity contribution in [1.82, 2.24) is 0 Å². The van der Waals surface area contributed by atoms with Gasteiger partial charge in [-0.3, -0.25) is 0 Å². The van der Waals surface area contributed by atoms with Gasteiger partial charge < -0.3 is 4.74 Å². The first-order chi connectivity index (χ1) is 13.6. The van der Waals surface area contributed by atoms with Crippen LogP contribution in [0.25, 0.3) is 0 Å². The molecule has 3 atom stereocenters. The third kappa shape index (κ3) is 5.40. The molecule has 0 bridgehead atoms. The van der Waals surface area contributed by atoms with Crippen molar-refractivity contribution in [3.05, 3.63) is 29.8 Å². The molecule has 0 amide bonds. The zero-order chi connectivity index (χ0) is 21.2. The molecule has 4 heteroatoms. The number of halogens is 3. The van der Waals surface area contributed by atoms with E-state index in [0.29, 0.717) is 24.3 Å². The van der Waals surface area contributed by atoms with Crippen molar-refractivity contribution in [3.63, 3.8) is 0 Å². The second-order valence-corrected chi connectivity index (χ2v) is 7.80. The Morgan fingerprint density at radius 3 is 2.23 bits per heavy atom. The van der Waals surface area contributed by atoms with Crippen LogP contribution in [-0.4, -0.2) is 6.36 Å². The highest BCUT2D eigenvalue weighted by molar-refractivity contribution is 5.29. The summed E-state index contributed by atoms with van der Waals surface area (Å²) in [6.45, 7) is 2.22. The van der Waals surface area contributed by atoms with Crippen LogP contribution in [0.15, 0.2) is 24.3 Å². The maximum Gasteiger partial charge on any atom is 0.573 e. The van der Waals surface area contributed by atoms with Gasteiger partial charge in [-0.05, 0) is 79.8 Å². The van der Waals surface area contributed by atoms with Crippen molar-refractivity contribution in [1.29, 1.82) is 0 Å². The molecule has 1 aromatic carbocycles. The van der Waals surface area contributed by atoms with Crippen LogP contribution < -0.4 is 4.74 Å². The summed E-state index contributed by atoms with van der Waals surface area (Å²) in [4.78, 5) is 0. The standard InChI is InChI=1S/C22H31F3O/c1-2-3-16-4-6-17(7-5-16)18-8-10-19(11-9-18)20-12-14-21(15-13-20)26-22(23,24)25/h12-19H,2-11H2,1H3/t16?,17?,18-,19-/i10D,11D2/t10?,16?,17?,18-,19-/m1/s1. The van der Waals surface area contributed by atoms with Gasteiger partial charge in [-0.1, -0.05) is 44.7 Å². The molecule has 146 valence electrons. The first-order valence-corrected chi connectivity index (χ1v) is 9.87. The van der Waals surface area contributed by atoms with Crippen LogP contribution in [0.1, 0.15) is 86.7 Å². The minimum Gasteiger partial charge on any atom is -0.406 e. The summed E-state index contributed by atoms with van der Waals surface area (Å²) in [5.41, 5.74) is 0.578. The van der Waals surface area contributed by atoms with E-state index in [1.165, 1.54) is 49.9 Å². The molecule has 0 spiro atoms. The van der Waals surface area contributed by atoms with Gasteiger partial charge in [0.2, 0.25) is 0 Å². The lowest BCUT2D eigenvalue weighted by Gasteiger charge is -2.38. The Bertz CT molecular complexity index is 654. The summed E-state index contributed by atoms with van der Waals surface area (Å²) in [6.07, 6.45) is 1.38. The average molecular weight is 372 g/mol. The van der Waals surface area contributed by atoms with Crippen molar-refractivity contribution in [3.8, 4) is 5.75 Å². The first kappa shape index (κ1) is 15.8. The number of hydrogen-bond donors (Lipinski definition) is 0. The molecule has 2 aliphatic carbocycles. The maximum absolute atomic E-state index is 12.4. The topological polar surface area (TPSA) is 9.23 Å². The van der Waals surface area contributed by atoms with E-state index in [-0.39, 0.29) is 11.7 Å². The van der Waals surface area contributed by atoms with E-state index in [1.807, 2.05) is 0 Å². The van der Waals surface area contributed by atoms with Crippen molar-refractivity contribution in [2.45, 2.75) is 83.3 Å². The second kappa shape index (κ2) is 8.67. The molecule has 0 saturated heterocycles. The van der Waals surface area contributed by atoms with E-state index in [2.05, 4.69) is 11.7 Å². The predicted molar refractivity (Wildman–Crippen MR) is 98.2 cm³/mol. The predicted octanol–water partition coefficient (Wildman–Crippen LogP) is 7.47. The normalized spacial score (nSPS) is 36.6. The fourth-order valence-corrected chi connectivity index (χ4v) is 4.60. The molecule has 0 radical (unpaired) electrons. The Labute approximate surface area is 159 Å². The third-order valence-corrected chi connectivity index (χ3v) is 6.00. The minimum atomic E-state index is -4.75. The summed E-state index contributed by atoms with van der Waals surface area (Å²) in [5.74, 6) is 0.568. The van der Waals surface area contributed by atoms with Crippen molar-refractivity contribution < 1.29 is 22.0 Å². The summed E-state index contributed by atoms with van der Waals surface area (Å²) in [5, 5.41) is 0. The number of benzene rings is 1. The molecule has 3 rings (SSSR count). The van der Waals surface area contributed by atoms with Gasteiger partial charge in [-0.15, -0.1) is 13.2 Å². The third-order valence-electron chi connectivity index (χ3n) is 6.00. The molecule has 0 aliphatic heterocycles. The van der Waals surface area contributed by atoms with E-state index in [9.17, 15) is 13.2 Å². The fraction of sp³-hybridized carbons (Fsp3) is 0.727. The monoisotopic (exact) mass is 371 g/mol. The molecule has 26 heavy (non-hydrogen) atoms. The molecule has 0 heterocycles. The van der Waals surface area contributed by atoms with Crippen molar-refractivity contribution in [2.75, 3.05) is 0 Å². The first-order valence-electron chi connectivity index (χ1n) is 11.4. The van der Waals surface area contributed by atoms with Crippen LogP contribution in [0.3, 0.4) is 0 Å². The molecule has 1 aromatic rings. The van der Waals surface area contributed by atoms with Gasteiger partial charge in [0.05, 0.1) is 0 Å². The van der Waals surface area contributed by atoms with Crippen molar-refractivity contribution in [2.24, 2.45) is 17.8 Å². The largest absolute Gasteiger partial charge is 0.573 e. The smallest absolute Gasteiger partial charge is 0.406 e. The second-order valence-electron chi connectivity index (χ2n) is 7.80. The molecule has 2 fully saturated rings. The van der Waals surface area contributed by atoms with Gasteiger partial charge in [0.15, 0.2) is 0 Å². The Balaban J connectivity index is 1.66. The molecular weight excluding hydrogens is 337 g/mol. The fourth-order valence-electron chi connectivity index (χ4n) is 4.60. The van der Waals surface area contributed by atoms with Gasteiger partial charge in [-0.25, -0.2) is 0 Å². The summed E-state index contributed by atoms with van der Waals surface area (Å²) in [7, 11) is 0. The van der Waals surface area contributed by atoms with Crippen molar-refractivity contribution >= 4 is 0 Å². The lowest BCUT2D eigenvalue weighted by Crippen LogP contribution is -2.25. The maximum atomic E-state index is 12.4. The van der Waals surface area contributed by atoms with E-state index in [0.717, 1.165) is 18.8 Å². The van der Waals surface area contributed by atoms with Gasteiger partial charge >= 0.3 is 6.36 Å². The Morgan fingerprint density at radius 2 is 1.65 bits per heavy atom. The van der Waals surface area contributed by atoms with Gasteiger partial charge in [-0.2, -0.15) is 0 Å². The molecule has 0 aromatic heterocycles. The van der Waals surface area contributed by atoms with Crippen LogP contribution in [0.2, 0.25) is 0 Å². The van der Waals surface area contributed by atoms with Gasteiger partial charge in [0.25, 0.3) is 0 Å². The summed E-state index contributed by atoms with van der Waals surface area (Å²) in [6, 6.07) is 5.38. The average Bonchev–Trinajstić information content (AvgIpc) is 2.61. The zero-order valence-electron chi connectivity index (χ0n) is 18.4.